The van der Waals surface area contributed by atoms with Crippen LogP contribution in [0.2, 0.25) is 0 Å². The van der Waals surface area contributed by atoms with Crippen LogP contribution in [-0.4, -0.2) is 29.8 Å². The molecule has 2 nitrogen and oxygen atoms in total. The number of likely N-dealkylation sites (tertiary alicyclic amines) is 1. The molecule has 0 unspecified atom stereocenters. The fourth-order valence-corrected chi connectivity index (χ4v) is 1.82. The Labute approximate surface area is 102 Å². The van der Waals surface area contributed by atoms with E-state index in [2.05, 4.69) is 15.9 Å². The van der Waals surface area contributed by atoms with Crippen LogP contribution < -0.4 is 0 Å². The molecule has 0 radical (unpaired) electrons. The number of carbonyl (C=O) groups excluding carboxylic acids is 1. The second kappa shape index (κ2) is 3.97. The maximum absolute atomic E-state index is 13.4. The minimum absolute atomic E-state index is 0.125. The number of carbonyl (C=O) groups is 1. The maximum atomic E-state index is 13.4. The van der Waals surface area contributed by atoms with E-state index in [-0.39, 0.29) is 4.47 Å². The van der Waals surface area contributed by atoms with Crippen LogP contribution in [0, 0.1) is 11.6 Å². The molecule has 1 aromatic rings. The van der Waals surface area contributed by atoms with Crippen LogP contribution in [0.5, 0.6) is 0 Å². The number of amides is 1. The SMILES string of the molecule is O=C(c1ccc(Br)c(F)c1F)N1CC(F)(F)C1. The van der Waals surface area contributed by atoms with Crippen LogP contribution in [0.25, 0.3) is 0 Å². The summed E-state index contributed by atoms with van der Waals surface area (Å²) < 4.78 is 51.5. The highest BCUT2D eigenvalue weighted by atomic mass is 79.9. The molecule has 17 heavy (non-hydrogen) atoms. The summed E-state index contributed by atoms with van der Waals surface area (Å²) in [4.78, 5) is 12.3. The lowest BCUT2D eigenvalue weighted by Gasteiger charge is -2.38. The number of nitrogens with zero attached hydrogens (tertiary/aromatic N) is 1. The van der Waals surface area contributed by atoms with Gasteiger partial charge in [-0.3, -0.25) is 4.79 Å². The molecule has 1 aliphatic rings. The van der Waals surface area contributed by atoms with Crippen LogP contribution in [0.3, 0.4) is 0 Å². The van der Waals surface area contributed by atoms with Gasteiger partial charge in [0.05, 0.1) is 23.1 Å². The molecule has 0 aromatic heterocycles. The molecule has 1 aliphatic heterocycles. The summed E-state index contributed by atoms with van der Waals surface area (Å²) in [5.74, 6) is -6.40. The molecule has 0 atom stereocenters. The Morgan fingerprint density at radius 1 is 1.24 bits per heavy atom. The summed E-state index contributed by atoms with van der Waals surface area (Å²) in [6, 6.07) is 2.21. The third-order valence-corrected chi connectivity index (χ3v) is 3.01. The molecule has 0 spiro atoms. The van der Waals surface area contributed by atoms with Crippen molar-refractivity contribution in [3.63, 3.8) is 0 Å². The smallest absolute Gasteiger partial charge is 0.282 e. The normalized spacial score (nSPS) is 17.8. The fraction of sp³-hybridized carbons (Fsp3) is 0.300. The van der Waals surface area contributed by atoms with Gasteiger partial charge >= 0.3 is 0 Å². The van der Waals surface area contributed by atoms with Crippen molar-refractivity contribution in [2.24, 2.45) is 0 Å². The predicted molar refractivity (Wildman–Crippen MR) is 54.9 cm³/mol. The third-order valence-electron chi connectivity index (χ3n) is 2.40. The molecule has 0 aliphatic carbocycles. The third kappa shape index (κ3) is 2.15. The zero-order valence-electron chi connectivity index (χ0n) is 8.31. The average molecular weight is 312 g/mol. The van der Waals surface area contributed by atoms with E-state index >= 15 is 0 Å². The van der Waals surface area contributed by atoms with Gasteiger partial charge in [-0.1, -0.05) is 0 Å². The Balaban J connectivity index is 2.24. The Bertz CT molecular complexity index is 483. The topological polar surface area (TPSA) is 20.3 Å². The van der Waals surface area contributed by atoms with Crippen molar-refractivity contribution in [2.45, 2.75) is 5.92 Å². The predicted octanol–water partition coefficient (Wildman–Crippen LogP) is 2.82. The van der Waals surface area contributed by atoms with Crippen LogP contribution >= 0.6 is 15.9 Å². The Kier molecular flexibility index (Phi) is 2.89. The molecule has 0 N–H and O–H groups in total. The van der Waals surface area contributed by atoms with Crippen LogP contribution in [0.15, 0.2) is 16.6 Å². The first-order valence-corrected chi connectivity index (χ1v) is 5.42. The number of halogens is 5. The molecule has 1 heterocycles. The van der Waals surface area contributed by atoms with E-state index in [1.807, 2.05) is 0 Å². The summed E-state index contributed by atoms with van der Waals surface area (Å²) in [7, 11) is 0. The minimum Gasteiger partial charge on any atom is -0.326 e. The largest absolute Gasteiger partial charge is 0.326 e. The number of hydrogen-bond donors (Lipinski definition) is 0. The van der Waals surface area contributed by atoms with Gasteiger partial charge in [-0.15, -0.1) is 0 Å². The van der Waals surface area contributed by atoms with E-state index < -0.39 is 42.1 Å². The van der Waals surface area contributed by atoms with Gasteiger partial charge in [-0.2, -0.15) is 0 Å². The monoisotopic (exact) mass is 311 g/mol. The average Bonchev–Trinajstić information content (AvgIpc) is 2.22. The second-order valence-electron chi connectivity index (χ2n) is 3.74. The van der Waals surface area contributed by atoms with Gasteiger partial charge in [-0.05, 0) is 28.1 Å². The lowest BCUT2D eigenvalue weighted by atomic mass is 10.1. The second-order valence-corrected chi connectivity index (χ2v) is 4.59. The lowest BCUT2D eigenvalue weighted by Crippen LogP contribution is -2.58. The van der Waals surface area contributed by atoms with Gasteiger partial charge in [0.1, 0.15) is 0 Å². The quantitative estimate of drug-likeness (QED) is 0.577. The molecule has 0 bridgehead atoms. The van der Waals surface area contributed by atoms with E-state index in [0.29, 0.717) is 0 Å². The first kappa shape index (κ1) is 12.3. The highest BCUT2D eigenvalue weighted by molar-refractivity contribution is 9.10. The van der Waals surface area contributed by atoms with Gasteiger partial charge in [0.2, 0.25) is 0 Å². The van der Waals surface area contributed by atoms with Crippen molar-refractivity contribution in [3.8, 4) is 0 Å². The van der Waals surface area contributed by atoms with Gasteiger partial charge in [0.15, 0.2) is 11.6 Å². The fourth-order valence-electron chi connectivity index (χ4n) is 1.52. The highest BCUT2D eigenvalue weighted by Gasteiger charge is 2.46. The van der Waals surface area contributed by atoms with Gasteiger partial charge in [0, 0.05) is 0 Å². The summed E-state index contributed by atoms with van der Waals surface area (Å²) >= 11 is 2.76. The van der Waals surface area contributed by atoms with E-state index in [4.69, 9.17) is 0 Å². The Morgan fingerprint density at radius 2 is 1.82 bits per heavy atom. The molecular formula is C10H6BrF4NO. The van der Waals surface area contributed by atoms with Crippen LogP contribution in [0.4, 0.5) is 17.6 Å². The van der Waals surface area contributed by atoms with Crippen LogP contribution in [-0.2, 0) is 0 Å². The number of alkyl halides is 2. The van der Waals surface area contributed by atoms with Gasteiger partial charge in [-0.25, -0.2) is 17.6 Å². The molecule has 1 saturated heterocycles. The van der Waals surface area contributed by atoms with Gasteiger partial charge in [0.25, 0.3) is 11.8 Å². The lowest BCUT2D eigenvalue weighted by molar-refractivity contribution is -0.113. The molecule has 7 heteroatoms. The van der Waals surface area contributed by atoms with E-state index in [0.717, 1.165) is 17.0 Å². The minimum atomic E-state index is -2.93. The Morgan fingerprint density at radius 3 is 2.35 bits per heavy atom. The number of rotatable bonds is 1. The van der Waals surface area contributed by atoms with E-state index in [1.165, 1.54) is 0 Å². The summed E-state index contributed by atoms with van der Waals surface area (Å²) in [6.07, 6.45) is 0. The molecular weight excluding hydrogens is 306 g/mol. The first-order valence-electron chi connectivity index (χ1n) is 4.62. The summed E-state index contributed by atoms with van der Waals surface area (Å²) in [5, 5.41) is 0. The molecule has 92 valence electrons. The standard InChI is InChI=1S/C10H6BrF4NO/c11-6-2-1-5(7(12)8(6)13)9(17)16-3-10(14,15)4-16/h1-2H,3-4H2. The van der Waals surface area contributed by atoms with E-state index in [1.54, 1.807) is 0 Å². The summed E-state index contributed by atoms with van der Waals surface area (Å²) in [5.41, 5.74) is -0.541. The van der Waals surface area contributed by atoms with Crippen LogP contribution in [0.1, 0.15) is 10.4 Å². The number of benzene rings is 1. The molecule has 2 rings (SSSR count). The maximum Gasteiger partial charge on any atom is 0.282 e. The number of hydrogen-bond acceptors (Lipinski definition) is 1. The van der Waals surface area contributed by atoms with Crippen molar-refractivity contribution < 1.29 is 22.4 Å². The molecule has 1 amide bonds. The van der Waals surface area contributed by atoms with Crippen molar-refractivity contribution in [1.82, 2.24) is 4.90 Å². The summed E-state index contributed by atoms with van der Waals surface area (Å²) in [6.45, 7) is -1.52. The molecule has 1 fully saturated rings. The molecule has 0 saturated carbocycles. The highest BCUT2D eigenvalue weighted by Crippen LogP contribution is 2.29. The van der Waals surface area contributed by atoms with Gasteiger partial charge < -0.3 is 4.90 Å². The van der Waals surface area contributed by atoms with Crippen molar-refractivity contribution in [2.75, 3.05) is 13.1 Å². The Hall–Kier alpha value is -1.11. The first-order chi connectivity index (χ1) is 7.82. The van der Waals surface area contributed by atoms with E-state index in [9.17, 15) is 22.4 Å². The zero-order chi connectivity index (χ0) is 12.8. The molecule has 1 aromatic carbocycles. The van der Waals surface area contributed by atoms with Crippen molar-refractivity contribution >= 4 is 21.8 Å². The van der Waals surface area contributed by atoms with Crippen molar-refractivity contribution in [3.05, 3.63) is 33.8 Å². The van der Waals surface area contributed by atoms with Crippen molar-refractivity contribution in [1.29, 1.82) is 0 Å². The zero-order valence-corrected chi connectivity index (χ0v) is 9.90.